The lowest BCUT2D eigenvalue weighted by Gasteiger charge is -2.19. The number of benzene rings is 1. The topological polar surface area (TPSA) is 23.5 Å². The molecule has 0 radical (unpaired) electrons. The first-order chi connectivity index (χ1) is 6.04. The van der Waals surface area contributed by atoms with Crippen molar-refractivity contribution < 1.29 is 9.50 Å². The molecule has 0 bridgehead atoms. The molecule has 1 aromatic carbocycles. The van der Waals surface area contributed by atoms with Gasteiger partial charge in [0.2, 0.25) is 0 Å². The third kappa shape index (κ3) is 1.98. The molecule has 0 fully saturated rings. The Labute approximate surface area is 77.6 Å². The molecule has 72 valence electrons. The number of hydrogen-bond donors (Lipinski definition) is 1. The molecule has 2 nitrogen and oxygen atoms in total. The van der Waals surface area contributed by atoms with Crippen molar-refractivity contribution in [2.75, 3.05) is 19.0 Å². The van der Waals surface area contributed by atoms with Gasteiger partial charge in [-0.25, -0.2) is 4.39 Å². The van der Waals surface area contributed by atoms with E-state index in [1.807, 2.05) is 0 Å². The highest BCUT2D eigenvalue weighted by Gasteiger charge is 2.13. The summed E-state index contributed by atoms with van der Waals surface area (Å²) in [5, 5.41) is 9.38. The molecule has 0 aliphatic rings. The zero-order valence-electron chi connectivity index (χ0n) is 8.08. The molecular formula is C10H14FNO. The van der Waals surface area contributed by atoms with Gasteiger partial charge in [0.05, 0.1) is 11.8 Å². The molecule has 0 heterocycles. The number of aliphatic hydroxyl groups excluding tert-OH is 1. The molecule has 0 amide bonds. The lowest BCUT2D eigenvalue weighted by Crippen LogP contribution is -2.14. The maximum absolute atomic E-state index is 13.3. The van der Waals surface area contributed by atoms with Crippen LogP contribution in [0.2, 0.25) is 0 Å². The largest absolute Gasteiger partial charge is 0.389 e. The summed E-state index contributed by atoms with van der Waals surface area (Å²) in [6.07, 6.45) is -0.645. The zero-order valence-corrected chi connectivity index (χ0v) is 8.08. The molecule has 1 aromatic rings. The van der Waals surface area contributed by atoms with Gasteiger partial charge in [-0.2, -0.15) is 0 Å². The van der Waals surface area contributed by atoms with Crippen LogP contribution < -0.4 is 4.90 Å². The van der Waals surface area contributed by atoms with E-state index in [2.05, 4.69) is 0 Å². The summed E-state index contributed by atoms with van der Waals surface area (Å²) in [4.78, 5) is 1.66. The Hall–Kier alpha value is -1.09. The average molecular weight is 183 g/mol. The van der Waals surface area contributed by atoms with Crippen molar-refractivity contribution in [3.05, 3.63) is 29.6 Å². The highest BCUT2D eigenvalue weighted by molar-refractivity contribution is 5.54. The Morgan fingerprint density at radius 3 is 2.38 bits per heavy atom. The highest BCUT2D eigenvalue weighted by Crippen LogP contribution is 2.27. The van der Waals surface area contributed by atoms with E-state index in [0.717, 1.165) is 0 Å². The first kappa shape index (κ1) is 9.99. The molecule has 0 unspecified atom stereocenters. The second kappa shape index (κ2) is 3.75. The number of hydrogen-bond acceptors (Lipinski definition) is 2. The van der Waals surface area contributed by atoms with Crippen LogP contribution in [0, 0.1) is 5.82 Å². The van der Waals surface area contributed by atoms with Crippen molar-refractivity contribution >= 4 is 5.69 Å². The zero-order chi connectivity index (χ0) is 10.0. The molecular weight excluding hydrogens is 169 g/mol. The minimum atomic E-state index is -0.645. The molecule has 0 aliphatic carbocycles. The Balaban J connectivity index is 3.26. The minimum absolute atomic E-state index is 0.302. The third-order valence-electron chi connectivity index (χ3n) is 1.92. The van der Waals surface area contributed by atoms with Gasteiger partial charge >= 0.3 is 0 Å². The molecule has 1 rings (SSSR count). The molecule has 1 N–H and O–H groups in total. The number of nitrogens with zero attached hydrogens (tertiary/aromatic N) is 1. The van der Waals surface area contributed by atoms with Crippen LogP contribution in [0.15, 0.2) is 18.2 Å². The van der Waals surface area contributed by atoms with Gasteiger partial charge in [-0.15, -0.1) is 0 Å². The normalized spacial score (nSPS) is 12.7. The summed E-state index contributed by atoms with van der Waals surface area (Å²) in [6, 6.07) is 4.72. The molecule has 0 aromatic heterocycles. The summed E-state index contributed by atoms with van der Waals surface area (Å²) in [6.45, 7) is 1.63. The summed E-state index contributed by atoms with van der Waals surface area (Å²) < 4.78 is 13.3. The fourth-order valence-electron chi connectivity index (χ4n) is 1.34. The highest BCUT2D eigenvalue weighted by atomic mass is 19.1. The molecule has 13 heavy (non-hydrogen) atoms. The number of rotatable bonds is 2. The summed E-state index contributed by atoms with van der Waals surface area (Å²) in [5.74, 6) is -0.302. The monoisotopic (exact) mass is 183 g/mol. The van der Waals surface area contributed by atoms with Crippen molar-refractivity contribution in [3.8, 4) is 0 Å². The standard InChI is InChI=1S/C10H14FNO/c1-7(13)8-5-4-6-9(11)10(8)12(2)3/h4-7,13H,1-3H3/t7-/m1/s1. The second-order valence-electron chi connectivity index (χ2n) is 3.25. The van der Waals surface area contributed by atoms with Crippen LogP contribution in [0.1, 0.15) is 18.6 Å². The predicted molar refractivity (Wildman–Crippen MR) is 51.4 cm³/mol. The van der Waals surface area contributed by atoms with Gasteiger partial charge in [0.25, 0.3) is 0 Å². The minimum Gasteiger partial charge on any atom is -0.389 e. The summed E-state index contributed by atoms with van der Waals surface area (Å²) in [7, 11) is 3.51. The maximum Gasteiger partial charge on any atom is 0.146 e. The van der Waals surface area contributed by atoms with Crippen molar-refractivity contribution in [2.24, 2.45) is 0 Å². The first-order valence-corrected chi connectivity index (χ1v) is 4.18. The number of halogens is 1. The molecule has 0 saturated carbocycles. The Morgan fingerprint density at radius 2 is 2.00 bits per heavy atom. The third-order valence-corrected chi connectivity index (χ3v) is 1.92. The fraction of sp³-hybridized carbons (Fsp3) is 0.400. The van der Waals surface area contributed by atoms with Crippen molar-refractivity contribution in [3.63, 3.8) is 0 Å². The van der Waals surface area contributed by atoms with Gasteiger partial charge in [-0.1, -0.05) is 12.1 Å². The number of anilines is 1. The van der Waals surface area contributed by atoms with Gasteiger partial charge in [-0.05, 0) is 13.0 Å². The van der Waals surface area contributed by atoms with Crippen molar-refractivity contribution in [2.45, 2.75) is 13.0 Å². The molecule has 0 saturated heterocycles. The molecule has 1 atom stereocenters. The quantitative estimate of drug-likeness (QED) is 0.757. The van der Waals surface area contributed by atoms with Crippen molar-refractivity contribution in [1.82, 2.24) is 0 Å². The Kier molecular flexibility index (Phi) is 2.88. The van der Waals surface area contributed by atoms with Crippen LogP contribution in [0.25, 0.3) is 0 Å². The van der Waals surface area contributed by atoms with E-state index < -0.39 is 6.10 Å². The lowest BCUT2D eigenvalue weighted by atomic mass is 10.1. The van der Waals surface area contributed by atoms with Crippen LogP contribution in [-0.4, -0.2) is 19.2 Å². The van der Waals surface area contributed by atoms with E-state index >= 15 is 0 Å². The van der Waals surface area contributed by atoms with Crippen LogP contribution >= 0.6 is 0 Å². The Bertz CT molecular complexity index is 297. The number of aliphatic hydroxyl groups is 1. The van der Waals surface area contributed by atoms with E-state index in [0.29, 0.717) is 11.3 Å². The van der Waals surface area contributed by atoms with Crippen LogP contribution in [0.4, 0.5) is 10.1 Å². The Morgan fingerprint density at radius 1 is 1.38 bits per heavy atom. The van der Waals surface area contributed by atoms with Gasteiger partial charge in [0, 0.05) is 19.7 Å². The van der Waals surface area contributed by atoms with Crippen molar-refractivity contribution in [1.29, 1.82) is 0 Å². The maximum atomic E-state index is 13.3. The molecule has 3 heteroatoms. The smallest absolute Gasteiger partial charge is 0.146 e. The average Bonchev–Trinajstić information content (AvgIpc) is 2.02. The van der Waals surface area contributed by atoms with Gasteiger partial charge in [0.15, 0.2) is 0 Å². The van der Waals surface area contributed by atoms with E-state index in [1.165, 1.54) is 6.07 Å². The van der Waals surface area contributed by atoms with E-state index in [4.69, 9.17) is 0 Å². The van der Waals surface area contributed by atoms with Gasteiger partial charge in [0.1, 0.15) is 5.82 Å². The number of para-hydroxylation sites is 1. The van der Waals surface area contributed by atoms with E-state index in [9.17, 15) is 9.50 Å². The van der Waals surface area contributed by atoms with Crippen LogP contribution in [0.3, 0.4) is 0 Å². The van der Waals surface area contributed by atoms with E-state index in [-0.39, 0.29) is 5.82 Å². The van der Waals surface area contributed by atoms with E-state index in [1.54, 1.807) is 38.1 Å². The lowest BCUT2D eigenvalue weighted by molar-refractivity contribution is 0.199. The van der Waals surface area contributed by atoms with Gasteiger partial charge < -0.3 is 10.0 Å². The summed E-state index contributed by atoms with van der Waals surface area (Å²) in [5.41, 5.74) is 1.07. The summed E-state index contributed by atoms with van der Waals surface area (Å²) >= 11 is 0. The SMILES string of the molecule is C[C@@H](O)c1cccc(F)c1N(C)C. The fourth-order valence-corrected chi connectivity index (χ4v) is 1.34. The predicted octanol–water partition coefficient (Wildman–Crippen LogP) is 1.94. The molecule has 0 spiro atoms. The van der Waals surface area contributed by atoms with Gasteiger partial charge in [-0.3, -0.25) is 0 Å². The van der Waals surface area contributed by atoms with Crippen LogP contribution in [0.5, 0.6) is 0 Å². The molecule has 0 aliphatic heterocycles. The van der Waals surface area contributed by atoms with Crippen LogP contribution in [-0.2, 0) is 0 Å². The first-order valence-electron chi connectivity index (χ1n) is 4.18. The second-order valence-corrected chi connectivity index (χ2v) is 3.25.